The van der Waals surface area contributed by atoms with Gasteiger partial charge in [0.1, 0.15) is 0 Å². The van der Waals surface area contributed by atoms with Crippen LogP contribution in [0.25, 0.3) is 5.69 Å². The summed E-state index contributed by atoms with van der Waals surface area (Å²) >= 11 is 0. The van der Waals surface area contributed by atoms with E-state index < -0.39 is 5.97 Å². The van der Waals surface area contributed by atoms with Crippen LogP contribution in [0.3, 0.4) is 0 Å². The van der Waals surface area contributed by atoms with Crippen molar-refractivity contribution in [1.82, 2.24) is 20.3 Å². The van der Waals surface area contributed by atoms with E-state index in [4.69, 9.17) is 9.47 Å². The minimum atomic E-state index is -0.674. The molecule has 1 amide bonds. The first-order chi connectivity index (χ1) is 12.1. The van der Waals surface area contributed by atoms with Crippen LogP contribution >= 0.6 is 0 Å². The number of ether oxygens (including phenoxy) is 2. The molecule has 0 bridgehead atoms. The SMILES string of the molecule is Cc1nn(-c2ccccc2)nc1C(=O)OCC(=O)NCC1CCCO1. The van der Waals surface area contributed by atoms with Gasteiger partial charge in [-0.05, 0) is 31.9 Å². The maximum absolute atomic E-state index is 12.1. The van der Waals surface area contributed by atoms with Gasteiger partial charge in [-0.15, -0.1) is 5.10 Å². The maximum Gasteiger partial charge on any atom is 0.361 e. The summed E-state index contributed by atoms with van der Waals surface area (Å²) in [6.45, 7) is 2.47. The van der Waals surface area contributed by atoms with E-state index in [2.05, 4.69) is 15.5 Å². The van der Waals surface area contributed by atoms with Gasteiger partial charge < -0.3 is 14.8 Å². The van der Waals surface area contributed by atoms with Crippen LogP contribution in [-0.4, -0.2) is 52.7 Å². The standard InChI is InChI=1S/C17H20N4O4/c1-12-16(20-21(19-12)13-6-3-2-4-7-13)17(23)25-11-15(22)18-10-14-8-5-9-24-14/h2-4,6-7,14H,5,8-11H2,1H3,(H,18,22). The number of hydrogen-bond acceptors (Lipinski definition) is 6. The summed E-state index contributed by atoms with van der Waals surface area (Å²) in [7, 11) is 0. The summed E-state index contributed by atoms with van der Waals surface area (Å²) in [5.41, 5.74) is 1.27. The summed E-state index contributed by atoms with van der Waals surface area (Å²) in [6, 6.07) is 9.24. The van der Waals surface area contributed by atoms with E-state index in [0.29, 0.717) is 12.2 Å². The molecular weight excluding hydrogens is 324 g/mol. The van der Waals surface area contributed by atoms with E-state index in [0.717, 1.165) is 25.1 Å². The fraction of sp³-hybridized carbons (Fsp3) is 0.412. The van der Waals surface area contributed by atoms with Gasteiger partial charge in [-0.3, -0.25) is 4.79 Å². The molecule has 0 spiro atoms. The predicted octanol–water partition coefficient (Wildman–Crippen LogP) is 1.03. The number of esters is 1. The third-order valence-corrected chi connectivity index (χ3v) is 3.85. The Bertz CT molecular complexity index is 738. The highest BCUT2D eigenvalue weighted by atomic mass is 16.5. The van der Waals surface area contributed by atoms with Crippen molar-refractivity contribution in [3.8, 4) is 5.69 Å². The van der Waals surface area contributed by atoms with Crippen molar-refractivity contribution >= 4 is 11.9 Å². The average molecular weight is 344 g/mol. The lowest BCUT2D eigenvalue weighted by molar-refractivity contribution is -0.124. The lowest BCUT2D eigenvalue weighted by Crippen LogP contribution is -2.34. The van der Waals surface area contributed by atoms with E-state index in [1.807, 2.05) is 30.3 Å². The van der Waals surface area contributed by atoms with Gasteiger partial charge >= 0.3 is 5.97 Å². The van der Waals surface area contributed by atoms with Crippen molar-refractivity contribution < 1.29 is 19.1 Å². The van der Waals surface area contributed by atoms with Crippen LogP contribution in [0.5, 0.6) is 0 Å². The molecule has 1 aliphatic heterocycles. The molecule has 8 heteroatoms. The summed E-state index contributed by atoms with van der Waals surface area (Å²) in [5.74, 6) is -1.04. The van der Waals surface area contributed by atoms with E-state index in [9.17, 15) is 9.59 Å². The van der Waals surface area contributed by atoms with Crippen LogP contribution in [0, 0.1) is 6.92 Å². The van der Waals surface area contributed by atoms with E-state index in [-0.39, 0.29) is 24.3 Å². The van der Waals surface area contributed by atoms with Crippen LogP contribution in [0.15, 0.2) is 30.3 Å². The molecule has 1 fully saturated rings. The molecule has 1 aromatic heterocycles. The van der Waals surface area contributed by atoms with E-state index >= 15 is 0 Å². The molecule has 2 heterocycles. The van der Waals surface area contributed by atoms with Gasteiger partial charge in [0, 0.05) is 13.2 Å². The Balaban J connectivity index is 1.52. The number of para-hydroxylation sites is 1. The summed E-state index contributed by atoms with van der Waals surface area (Å²) in [4.78, 5) is 25.3. The third-order valence-electron chi connectivity index (χ3n) is 3.85. The molecule has 1 unspecified atom stereocenters. The molecule has 25 heavy (non-hydrogen) atoms. The van der Waals surface area contributed by atoms with Crippen LogP contribution in [0.4, 0.5) is 0 Å². The van der Waals surface area contributed by atoms with Gasteiger partial charge in [0.05, 0.1) is 17.5 Å². The lowest BCUT2D eigenvalue weighted by Gasteiger charge is -2.10. The Hall–Kier alpha value is -2.74. The van der Waals surface area contributed by atoms with Crippen LogP contribution in [0.2, 0.25) is 0 Å². The number of aromatic nitrogens is 3. The zero-order valence-corrected chi connectivity index (χ0v) is 14.0. The number of nitrogens with zero attached hydrogens (tertiary/aromatic N) is 3. The number of hydrogen-bond donors (Lipinski definition) is 1. The zero-order chi connectivity index (χ0) is 17.6. The highest BCUT2D eigenvalue weighted by Crippen LogP contribution is 2.11. The van der Waals surface area contributed by atoms with Gasteiger partial charge in [-0.1, -0.05) is 18.2 Å². The normalized spacial score (nSPS) is 16.6. The molecule has 1 saturated heterocycles. The zero-order valence-electron chi connectivity index (χ0n) is 14.0. The summed E-state index contributed by atoms with van der Waals surface area (Å²) in [5, 5.41) is 11.0. The molecule has 0 saturated carbocycles. The predicted molar refractivity (Wildman–Crippen MR) is 88.4 cm³/mol. The Morgan fingerprint density at radius 2 is 2.12 bits per heavy atom. The van der Waals surface area contributed by atoms with Crippen LogP contribution < -0.4 is 5.32 Å². The first kappa shape index (κ1) is 17.1. The third kappa shape index (κ3) is 4.42. The maximum atomic E-state index is 12.1. The first-order valence-electron chi connectivity index (χ1n) is 8.18. The molecule has 132 valence electrons. The van der Waals surface area contributed by atoms with Crippen molar-refractivity contribution in [3.63, 3.8) is 0 Å². The minimum absolute atomic E-state index is 0.0488. The van der Waals surface area contributed by atoms with Gasteiger partial charge in [0.25, 0.3) is 5.91 Å². The number of aryl methyl sites for hydroxylation is 1. The van der Waals surface area contributed by atoms with Gasteiger partial charge in [-0.25, -0.2) is 4.79 Å². The lowest BCUT2D eigenvalue weighted by atomic mass is 10.2. The van der Waals surface area contributed by atoms with Crippen molar-refractivity contribution in [3.05, 3.63) is 41.7 Å². The van der Waals surface area contributed by atoms with E-state index in [1.54, 1.807) is 6.92 Å². The topological polar surface area (TPSA) is 95.3 Å². The molecule has 2 aromatic rings. The first-order valence-corrected chi connectivity index (χ1v) is 8.18. The fourth-order valence-electron chi connectivity index (χ4n) is 2.53. The monoisotopic (exact) mass is 344 g/mol. The molecular formula is C17H20N4O4. The second kappa shape index (κ2) is 7.89. The largest absolute Gasteiger partial charge is 0.451 e. The number of nitrogens with one attached hydrogen (secondary N) is 1. The molecule has 1 aromatic carbocycles. The number of carbonyl (C=O) groups is 2. The Kier molecular flexibility index (Phi) is 5.39. The quantitative estimate of drug-likeness (QED) is 0.787. The average Bonchev–Trinajstić information content (AvgIpc) is 3.28. The molecule has 3 rings (SSSR count). The Labute approximate surface area is 145 Å². The van der Waals surface area contributed by atoms with E-state index in [1.165, 1.54) is 4.80 Å². The van der Waals surface area contributed by atoms with Crippen LogP contribution in [-0.2, 0) is 14.3 Å². The molecule has 1 aliphatic rings. The molecule has 0 aliphatic carbocycles. The summed E-state index contributed by atoms with van der Waals surface area (Å²) in [6.07, 6.45) is 1.99. The second-order valence-electron chi connectivity index (χ2n) is 5.77. The fourth-order valence-corrected chi connectivity index (χ4v) is 2.53. The van der Waals surface area contributed by atoms with Crippen molar-refractivity contribution in [2.75, 3.05) is 19.8 Å². The van der Waals surface area contributed by atoms with Crippen molar-refractivity contribution in [1.29, 1.82) is 0 Å². The molecule has 1 atom stereocenters. The Morgan fingerprint density at radius 3 is 2.84 bits per heavy atom. The smallest absolute Gasteiger partial charge is 0.361 e. The molecule has 1 N–H and O–H groups in total. The number of rotatable bonds is 6. The molecule has 0 radical (unpaired) electrons. The van der Waals surface area contributed by atoms with Gasteiger partial charge in [0.15, 0.2) is 12.3 Å². The highest BCUT2D eigenvalue weighted by molar-refractivity contribution is 5.90. The van der Waals surface area contributed by atoms with Crippen molar-refractivity contribution in [2.45, 2.75) is 25.9 Å². The van der Waals surface area contributed by atoms with Crippen molar-refractivity contribution in [2.24, 2.45) is 0 Å². The van der Waals surface area contributed by atoms with Gasteiger partial charge in [0.2, 0.25) is 0 Å². The summed E-state index contributed by atoms with van der Waals surface area (Å²) < 4.78 is 10.4. The number of amides is 1. The minimum Gasteiger partial charge on any atom is -0.451 e. The number of carbonyl (C=O) groups excluding carboxylic acids is 2. The highest BCUT2D eigenvalue weighted by Gasteiger charge is 2.20. The second-order valence-corrected chi connectivity index (χ2v) is 5.77. The van der Waals surface area contributed by atoms with Crippen LogP contribution in [0.1, 0.15) is 29.0 Å². The van der Waals surface area contributed by atoms with Gasteiger partial charge in [-0.2, -0.15) is 9.90 Å². The Morgan fingerprint density at radius 1 is 1.32 bits per heavy atom. The number of benzene rings is 1. The molecule has 8 nitrogen and oxygen atoms in total.